The molecular weight excluding hydrogens is 558 g/mol. The van der Waals surface area contributed by atoms with E-state index in [2.05, 4.69) is 44.9 Å². The molecule has 1 fully saturated rings. The van der Waals surface area contributed by atoms with Crippen LogP contribution < -0.4 is 16.0 Å². The summed E-state index contributed by atoms with van der Waals surface area (Å²) in [4.78, 5) is 41.4. The van der Waals surface area contributed by atoms with Gasteiger partial charge >= 0.3 is 0 Å². The third kappa shape index (κ3) is 6.51. The molecule has 0 bridgehead atoms. The largest absolute Gasteiger partial charge is 0.457 e. The number of carbonyl (C=O) groups is 2. The Kier molecular flexibility index (Phi) is 9.61. The number of carbonyl (C=O) groups excluding carboxylic acids is 2. The average molecular weight is 594 g/mol. The van der Waals surface area contributed by atoms with Crippen molar-refractivity contribution in [3.8, 4) is 0 Å². The molecule has 0 saturated carbocycles. The minimum atomic E-state index is -1.04. The summed E-state index contributed by atoms with van der Waals surface area (Å²) >= 11 is 0. The molecule has 4 aromatic heterocycles. The predicted octanol–water partition coefficient (Wildman–Crippen LogP) is 3.25. The Morgan fingerprint density at radius 2 is 1.81 bits per heavy atom. The number of rotatable bonds is 16. The molecule has 15 heteroatoms. The van der Waals surface area contributed by atoms with Crippen molar-refractivity contribution >= 4 is 41.7 Å². The molecule has 5 heterocycles. The molecule has 0 aromatic carbocycles. The number of hydrogen-bond donors (Lipinski definition) is 3. The van der Waals surface area contributed by atoms with E-state index in [0.29, 0.717) is 53.9 Å². The first-order valence-corrected chi connectivity index (χ1v) is 14.3. The van der Waals surface area contributed by atoms with E-state index in [-0.39, 0.29) is 19.0 Å². The molecule has 3 N–H and O–H groups in total. The molecule has 0 amide bonds. The van der Waals surface area contributed by atoms with E-state index in [1.54, 1.807) is 16.8 Å². The molecule has 1 aliphatic heterocycles. The van der Waals surface area contributed by atoms with Crippen LogP contribution in [0.2, 0.25) is 0 Å². The number of aromatic nitrogens is 6. The second-order valence-corrected chi connectivity index (χ2v) is 9.86. The van der Waals surface area contributed by atoms with E-state index in [9.17, 15) is 9.59 Å². The molecular formula is C28H35N9O6. The summed E-state index contributed by atoms with van der Waals surface area (Å²) in [6, 6.07) is 7.52. The monoisotopic (exact) mass is 593 g/mol. The van der Waals surface area contributed by atoms with Crippen LogP contribution in [0.5, 0.6) is 0 Å². The topological polar surface area (TPSA) is 180 Å². The number of fused-ring (bicyclic) bond motifs is 1. The third-order valence-corrected chi connectivity index (χ3v) is 7.24. The smallest absolute Gasteiger partial charge is 0.293 e. The van der Waals surface area contributed by atoms with Crippen LogP contribution in [0.15, 0.2) is 41.3 Å². The first-order chi connectivity index (χ1) is 21.1. The van der Waals surface area contributed by atoms with Gasteiger partial charge in [0.05, 0.1) is 12.0 Å². The zero-order valence-electron chi connectivity index (χ0n) is 24.2. The van der Waals surface area contributed by atoms with E-state index < -0.39 is 24.5 Å². The molecule has 1 aliphatic rings. The molecule has 0 unspecified atom stereocenters. The van der Waals surface area contributed by atoms with Crippen molar-refractivity contribution in [1.29, 1.82) is 0 Å². The number of anilines is 3. The zero-order valence-corrected chi connectivity index (χ0v) is 24.2. The lowest BCUT2D eigenvalue weighted by Gasteiger charge is -2.21. The standard InChI is InChI=1S/C28H35N9O6/c1-4-17(5-2)33-25-21-26(35-28(34-25)31-12-11-30-20-9-7-8-10-29-20)37(14-32-21)27-24(41-16-39)23(40-15-38)22(42-27)19-13-18(6-3)36-43-19/h7-10,13-17,22-24,27H,4-6,11-12H2,1-3H3,(H,29,30)(H2,31,33,34,35)/t22-,23+,24-,27-/m1/s1. The van der Waals surface area contributed by atoms with Gasteiger partial charge in [0.2, 0.25) is 5.95 Å². The van der Waals surface area contributed by atoms with Gasteiger partial charge in [0, 0.05) is 31.4 Å². The van der Waals surface area contributed by atoms with Crippen molar-refractivity contribution in [3.05, 3.63) is 48.2 Å². The lowest BCUT2D eigenvalue weighted by atomic mass is 10.1. The average Bonchev–Trinajstić information content (AvgIpc) is 3.77. The Morgan fingerprint density at radius 3 is 2.51 bits per heavy atom. The fourth-order valence-electron chi connectivity index (χ4n) is 4.94. The number of ether oxygens (including phenoxy) is 3. The molecule has 0 aliphatic carbocycles. The van der Waals surface area contributed by atoms with Gasteiger partial charge in [-0.15, -0.1) is 0 Å². The predicted molar refractivity (Wildman–Crippen MR) is 155 cm³/mol. The Balaban J connectivity index is 1.48. The minimum Gasteiger partial charge on any atom is -0.457 e. The minimum absolute atomic E-state index is 0.157. The highest BCUT2D eigenvalue weighted by Crippen LogP contribution is 2.43. The molecule has 4 aromatic rings. The number of pyridine rings is 1. The van der Waals surface area contributed by atoms with Crippen LogP contribution in [0, 0.1) is 0 Å². The summed E-state index contributed by atoms with van der Waals surface area (Å²) in [5, 5.41) is 14.0. The van der Waals surface area contributed by atoms with Crippen LogP contribution in [0.3, 0.4) is 0 Å². The van der Waals surface area contributed by atoms with Gasteiger partial charge < -0.3 is 34.7 Å². The number of hydrogen-bond acceptors (Lipinski definition) is 14. The Labute approximate surface area is 247 Å². The summed E-state index contributed by atoms with van der Waals surface area (Å²) in [5.74, 6) is 2.00. The highest BCUT2D eigenvalue weighted by Gasteiger charge is 2.51. The first kappa shape index (κ1) is 29.7. The van der Waals surface area contributed by atoms with E-state index in [4.69, 9.17) is 28.7 Å². The number of aryl methyl sites for hydroxylation is 1. The van der Waals surface area contributed by atoms with Gasteiger partial charge in [-0.3, -0.25) is 14.2 Å². The Hall–Kier alpha value is -4.79. The van der Waals surface area contributed by atoms with Crippen LogP contribution in [-0.2, 0) is 30.2 Å². The van der Waals surface area contributed by atoms with Crippen molar-refractivity contribution < 1.29 is 28.3 Å². The molecule has 43 heavy (non-hydrogen) atoms. The number of nitrogens with zero attached hydrogens (tertiary/aromatic N) is 6. The van der Waals surface area contributed by atoms with Crippen LogP contribution >= 0.6 is 0 Å². The molecule has 0 radical (unpaired) electrons. The van der Waals surface area contributed by atoms with E-state index in [1.807, 2.05) is 25.1 Å². The van der Waals surface area contributed by atoms with Gasteiger partial charge in [-0.2, -0.15) is 9.97 Å². The fourth-order valence-corrected chi connectivity index (χ4v) is 4.94. The van der Waals surface area contributed by atoms with Crippen molar-refractivity contribution in [2.45, 2.75) is 70.6 Å². The third-order valence-electron chi connectivity index (χ3n) is 7.24. The van der Waals surface area contributed by atoms with Crippen molar-refractivity contribution in [1.82, 2.24) is 29.7 Å². The maximum atomic E-state index is 11.6. The van der Waals surface area contributed by atoms with Crippen LogP contribution in [-0.4, -0.2) is 73.9 Å². The van der Waals surface area contributed by atoms with Gasteiger partial charge in [-0.25, -0.2) is 9.97 Å². The van der Waals surface area contributed by atoms with Gasteiger partial charge in [0.1, 0.15) is 5.82 Å². The maximum absolute atomic E-state index is 11.6. The van der Waals surface area contributed by atoms with Crippen LogP contribution in [0.4, 0.5) is 17.6 Å². The summed E-state index contributed by atoms with van der Waals surface area (Å²) in [6.45, 7) is 7.76. The molecule has 4 atom stereocenters. The highest BCUT2D eigenvalue weighted by molar-refractivity contribution is 5.84. The molecule has 228 valence electrons. The van der Waals surface area contributed by atoms with Gasteiger partial charge in [0.15, 0.2) is 47.3 Å². The SMILES string of the molecule is CCc1cc([C@H]2O[C@@H](n3cnc4c(NC(CC)CC)nc(NCCNc5ccccn5)nc43)[C@H](OC=O)[C@H]2OC=O)on1. The van der Waals surface area contributed by atoms with Crippen molar-refractivity contribution in [2.24, 2.45) is 0 Å². The summed E-state index contributed by atoms with van der Waals surface area (Å²) in [6.07, 6.45) is 1.74. The van der Waals surface area contributed by atoms with Gasteiger partial charge in [-0.1, -0.05) is 32.0 Å². The van der Waals surface area contributed by atoms with E-state index in [1.165, 1.54) is 6.33 Å². The second-order valence-electron chi connectivity index (χ2n) is 9.86. The molecule has 0 spiro atoms. The van der Waals surface area contributed by atoms with Gasteiger partial charge in [0.25, 0.3) is 12.9 Å². The Bertz CT molecular complexity index is 1490. The zero-order chi connectivity index (χ0) is 30.2. The Morgan fingerprint density at radius 1 is 1.02 bits per heavy atom. The fraction of sp³-hybridized carbons (Fsp3) is 0.464. The van der Waals surface area contributed by atoms with Crippen molar-refractivity contribution in [2.75, 3.05) is 29.0 Å². The number of imidazole rings is 1. The lowest BCUT2D eigenvalue weighted by molar-refractivity contribution is -0.151. The first-order valence-electron chi connectivity index (χ1n) is 14.3. The van der Waals surface area contributed by atoms with Crippen LogP contribution in [0.25, 0.3) is 11.2 Å². The quantitative estimate of drug-likeness (QED) is 0.127. The van der Waals surface area contributed by atoms with E-state index >= 15 is 0 Å². The number of nitrogens with one attached hydrogen (secondary N) is 3. The van der Waals surface area contributed by atoms with Crippen molar-refractivity contribution in [3.63, 3.8) is 0 Å². The van der Waals surface area contributed by atoms with Gasteiger partial charge in [-0.05, 0) is 31.4 Å². The lowest BCUT2D eigenvalue weighted by Crippen LogP contribution is -2.34. The summed E-state index contributed by atoms with van der Waals surface area (Å²) in [7, 11) is 0. The second kappa shape index (κ2) is 13.9. The van der Waals surface area contributed by atoms with E-state index in [0.717, 1.165) is 18.7 Å². The molecule has 15 nitrogen and oxygen atoms in total. The summed E-state index contributed by atoms with van der Waals surface area (Å²) < 4.78 is 24.3. The maximum Gasteiger partial charge on any atom is 0.293 e. The highest BCUT2D eigenvalue weighted by atomic mass is 16.6. The molecule has 1 saturated heterocycles. The normalized spacial score (nSPS) is 19.8. The van der Waals surface area contributed by atoms with Crippen LogP contribution in [0.1, 0.15) is 57.4 Å². The molecule has 5 rings (SSSR count). The summed E-state index contributed by atoms with van der Waals surface area (Å²) in [5.41, 5.74) is 1.62.